The Labute approximate surface area is 189 Å². The normalized spacial score (nSPS) is 21.1. The van der Waals surface area contributed by atoms with Gasteiger partial charge in [-0.25, -0.2) is 13.6 Å². The zero-order valence-corrected chi connectivity index (χ0v) is 18.4. The molecule has 1 saturated carbocycles. The number of carbonyl (C=O) groups is 1. The Kier molecular flexibility index (Phi) is 6.17. The summed E-state index contributed by atoms with van der Waals surface area (Å²) < 4.78 is 52.9. The van der Waals surface area contributed by atoms with Crippen LogP contribution in [0, 0.1) is 23.5 Å². The molecule has 2 atom stereocenters. The van der Waals surface area contributed by atoms with E-state index in [9.17, 15) is 22.0 Å². The van der Waals surface area contributed by atoms with E-state index in [0.29, 0.717) is 25.0 Å². The van der Waals surface area contributed by atoms with E-state index >= 15 is 0 Å². The summed E-state index contributed by atoms with van der Waals surface area (Å²) >= 11 is 0. The molecule has 5 rings (SSSR count). The highest BCUT2D eigenvalue weighted by Gasteiger charge is 2.56. The second-order valence-electron chi connectivity index (χ2n) is 8.09. The lowest BCUT2D eigenvalue weighted by molar-refractivity contribution is 0.250. The molecule has 174 valence electrons. The third kappa shape index (κ3) is 5.55. The molecule has 3 aromatic rings. The summed E-state index contributed by atoms with van der Waals surface area (Å²) in [7, 11) is -3.67. The highest BCUT2D eigenvalue weighted by molar-refractivity contribution is 7.85. The van der Waals surface area contributed by atoms with Gasteiger partial charge in [-0.15, -0.1) is 0 Å². The van der Waals surface area contributed by atoms with Crippen molar-refractivity contribution in [3.8, 4) is 0 Å². The van der Waals surface area contributed by atoms with Gasteiger partial charge < -0.3 is 15.5 Å². The molecule has 11 heteroatoms. The van der Waals surface area contributed by atoms with E-state index in [0.717, 1.165) is 22.5 Å². The fourth-order valence-corrected chi connectivity index (χ4v) is 4.22. The molecule has 1 aromatic heterocycles. The predicted octanol–water partition coefficient (Wildman–Crippen LogP) is 3.27. The van der Waals surface area contributed by atoms with Crippen molar-refractivity contribution in [1.82, 2.24) is 10.3 Å². The van der Waals surface area contributed by atoms with E-state index in [2.05, 4.69) is 15.6 Å². The maximum atomic E-state index is 14.0. The minimum Gasteiger partial charge on any atom is -0.368 e. The molecule has 0 spiro atoms. The van der Waals surface area contributed by atoms with Gasteiger partial charge >= 0.3 is 6.03 Å². The first-order valence-corrected chi connectivity index (χ1v) is 12.0. The van der Waals surface area contributed by atoms with Crippen LogP contribution < -0.4 is 15.5 Å². The number of halogens is 2. The lowest BCUT2D eigenvalue weighted by Crippen LogP contribution is -2.37. The van der Waals surface area contributed by atoms with Crippen LogP contribution in [0.2, 0.25) is 0 Å². The number of amides is 2. The van der Waals surface area contributed by atoms with Gasteiger partial charge in [0.1, 0.15) is 11.6 Å². The van der Waals surface area contributed by atoms with Crippen molar-refractivity contribution in [3.63, 3.8) is 0 Å². The molecule has 1 aliphatic carbocycles. The molecule has 8 nitrogen and oxygen atoms in total. The van der Waals surface area contributed by atoms with Gasteiger partial charge in [-0.05, 0) is 24.3 Å². The van der Waals surface area contributed by atoms with Crippen LogP contribution >= 0.6 is 0 Å². The number of anilines is 2. The molecule has 2 fully saturated rings. The number of piperidine rings is 1. The molecule has 2 unspecified atom stereocenters. The summed E-state index contributed by atoms with van der Waals surface area (Å²) in [4.78, 5) is 18.4. The average molecular weight is 477 g/mol. The summed E-state index contributed by atoms with van der Waals surface area (Å²) in [5.41, 5.74) is 1.15. The summed E-state index contributed by atoms with van der Waals surface area (Å²) in [5, 5.41) is 7.82. The largest absolute Gasteiger partial charge is 0.368 e. The highest BCUT2D eigenvalue weighted by atomic mass is 32.2. The molecule has 1 saturated heterocycles. The fourth-order valence-electron chi connectivity index (χ4n) is 4.22. The topological polar surface area (TPSA) is 112 Å². The predicted molar refractivity (Wildman–Crippen MR) is 121 cm³/mol. The Bertz CT molecular complexity index is 1280. The first-order valence-electron chi connectivity index (χ1n) is 10.1. The van der Waals surface area contributed by atoms with Gasteiger partial charge in [0.15, 0.2) is 0 Å². The van der Waals surface area contributed by atoms with Crippen molar-refractivity contribution in [1.29, 1.82) is 0 Å². The van der Waals surface area contributed by atoms with Gasteiger partial charge in [0.25, 0.3) is 10.1 Å². The van der Waals surface area contributed by atoms with E-state index in [4.69, 9.17) is 4.55 Å². The van der Waals surface area contributed by atoms with Gasteiger partial charge in [-0.1, -0.05) is 12.1 Å². The molecule has 2 amide bonds. The van der Waals surface area contributed by atoms with Crippen LogP contribution in [0.4, 0.5) is 25.0 Å². The van der Waals surface area contributed by atoms with E-state index in [1.165, 1.54) is 12.1 Å². The third-order valence-electron chi connectivity index (χ3n) is 5.67. The first kappa shape index (κ1) is 22.9. The molecule has 3 N–H and O–H groups in total. The van der Waals surface area contributed by atoms with E-state index in [1.807, 2.05) is 29.2 Å². The van der Waals surface area contributed by atoms with Crippen LogP contribution in [-0.4, -0.2) is 49.4 Å². The Hall–Kier alpha value is -3.31. The monoisotopic (exact) mass is 476 g/mol. The van der Waals surface area contributed by atoms with Crippen LogP contribution in [-0.2, 0) is 10.1 Å². The first-order chi connectivity index (χ1) is 15.6. The molecule has 33 heavy (non-hydrogen) atoms. The number of aromatic nitrogens is 1. The Morgan fingerprint density at radius 3 is 2.52 bits per heavy atom. The van der Waals surface area contributed by atoms with Gasteiger partial charge in [0, 0.05) is 60.2 Å². The molecular weight excluding hydrogens is 454 g/mol. The maximum absolute atomic E-state index is 14.0. The van der Waals surface area contributed by atoms with Crippen LogP contribution in [0.15, 0.2) is 54.9 Å². The van der Waals surface area contributed by atoms with Crippen LogP contribution in [0.1, 0.15) is 0 Å². The number of fused-ring (bicyclic) bond motifs is 2. The van der Waals surface area contributed by atoms with Crippen molar-refractivity contribution in [3.05, 3.63) is 66.5 Å². The molecule has 2 aliphatic rings. The van der Waals surface area contributed by atoms with Gasteiger partial charge in [-0.3, -0.25) is 9.54 Å². The van der Waals surface area contributed by atoms with Crippen molar-refractivity contribution in [2.24, 2.45) is 11.8 Å². The Morgan fingerprint density at radius 1 is 1.15 bits per heavy atom. The Balaban J connectivity index is 0.000000471. The van der Waals surface area contributed by atoms with Crippen molar-refractivity contribution >= 4 is 38.3 Å². The average Bonchev–Trinajstić information content (AvgIpc) is 3.15. The smallest absolute Gasteiger partial charge is 0.319 e. The second-order valence-corrected chi connectivity index (χ2v) is 9.55. The molecule has 0 bridgehead atoms. The molecular formula is C22H22F2N4O4S. The second kappa shape index (κ2) is 8.91. The number of hydrogen-bond acceptors (Lipinski definition) is 5. The molecule has 0 radical (unpaired) electrons. The van der Waals surface area contributed by atoms with Crippen molar-refractivity contribution in [2.45, 2.75) is 6.04 Å². The standard InChI is InChI=1S/C21H18F2N4O.CH4O3S/c22-13-4-5-19(17(23)8-13)27-10-15-16(11-27)20(15)26-21(28)25-18-3-1-2-12-9-24-7-6-14(12)18;1-5(2,3)4/h1-9,15-16,20H,10-11H2,(H2,25,26,28);1H3,(H,2,3,4). The summed E-state index contributed by atoms with van der Waals surface area (Å²) in [5.74, 6) is -0.557. The number of urea groups is 1. The molecule has 1 aliphatic heterocycles. The van der Waals surface area contributed by atoms with Crippen LogP contribution in [0.25, 0.3) is 10.8 Å². The zero-order valence-electron chi connectivity index (χ0n) is 17.6. The van der Waals surface area contributed by atoms with E-state index < -0.39 is 21.8 Å². The zero-order chi connectivity index (χ0) is 23.8. The van der Waals surface area contributed by atoms with Gasteiger partial charge in [-0.2, -0.15) is 8.42 Å². The fraction of sp³-hybridized carbons (Fsp3) is 0.273. The third-order valence-corrected chi connectivity index (χ3v) is 5.67. The van der Waals surface area contributed by atoms with Crippen molar-refractivity contribution in [2.75, 3.05) is 29.6 Å². The number of carbonyl (C=O) groups excluding carboxylic acids is 1. The highest BCUT2D eigenvalue weighted by Crippen LogP contribution is 2.47. The van der Waals surface area contributed by atoms with Crippen LogP contribution in [0.5, 0.6) is 0 Å². The number of rotatable bonds is 3. The summed E-state index contributed by atoms with van der Waals surface area (Å²) in [6.45, 7) is 1.30. The van der Waals surface area contributed by atoms with E-state index in [-0.39, 0.29) is 23.9 Å². The minimum absolute atomic E-state index is 0.0800. The Morgan fingerprint density at radius 2 is 1.85 bits per heavy atom. The lowest BCUT2D eigenvalue weighted by atomic mass is 10.1. The quantitative estimate of drug-likeness (QED) is 0.501. The van der Waals surface area contributed by atoms with Gasteiger partial charge in [0.2, 0.25) is 0 Å². The molecule has 2 aromatic carbocycles. The molecule has 2 heterocycles. The van der Waals surface area contributed by atoms with Crippen molar-refractivity contribution < 1.29 is 26.5 Å². The van der Waals surface area contributed by atoms with Gasteiger partial charge in [0.05, 0.1) is 17.6 Å². The number of benzene rings is 2. The number of nitrogens with zero attached hydrogens (tertiary/aromatic N) is 2. The SMILES string of the molecule is CS(=O)(=O)O.O=C(Nc1cccc2cnccc12)NC1C2CN(c3ccc(F)cc3F)CC21. The number of pyridine rings is 1. The lowest BCUT2D eigenvalue weighted by Gasteiger charge is -2.23. The van der Waals surface area contributed by atoms with E-state index in [1.54, 1.807) is 12.4 Å². The number of nitrogens with one attached hydrogen (secondary N) is 2. The number of hydrogen-bond donors (Lipinski definition) is 3. The minimum atomic E-state index is -3.67. The maximum Gasteiger partial charge on any atom is 0.319 e. The van der Waals surface area contributed by atoms with Crippen LogP contribution in [0.3, 0.4) is 0 Å². The summed E-state index contributed by atoms with van der Waals surface area (Å²) in [6, 6.07) is 11.0. The summed E-state index contributed by atoms with van der Waals surface area (Å²) in [6.07, 6.45) is 4.17.